The Bertz CT molecular complexity index is 1690. The number of carbonyl (C=O) groups is 1. The van der Waals surface area contributed by atoms with Gasteiger partial charge in [0.05, 0.1) is 11.9 Å². The maximum Gasteiger partial charge on any atom is 0.271 e. The first kappa shape index (κ1) is 19.4. The molecule has 0 atom stereocenters. The maximum atomic E-state index is 13.6. The summed E-state index contributed by atoms with van der Waals surface area (Å²) in [5, 5.41) is 7.20. The molecule has 0 spiro atoms. The lowest BCUT2D eigenvalue weighted by molar-refractivity contribution is -0.115. The number of fused-ring (bicyclic) bond motifs is 3. The molecule has 33 heavy (non-hydrogen) atoms. The molecule has 6 rings (SSSR count). The molecule has 1 aliphatic heterocycles. The Labute approximate surface area is 188 Å². The quantitative estimate of drug-likeness (QED) is 0.425. The SMILES string of the molecule is O=C1Cc2cc(Nc3ncc4ccn(S(=O)(=O)c5cccc6cccnc56)c4n3)ccc2N1. The normalized spacial score (nSPS) is 13.3. The Balaban J connectivity index is 1.42. The third kappa shape index (κ3) is 3.19. The topological polar surface area (TPSA) is 119 Å². The average Bonchev–Trinajstić information content (AvgIpc) is 3.41. The summed E-state index contributed by atoms with van der Waals surface area (Å²) in [4.78, 5) is 24.7. The van der Waals surface area contributed by atoms with E-state index >= 15 is 0 Å². The first-order chi connectivity index (χ1) is 16.0. The van der Waals surface area contributed by atoms with E-state index in [0.717, 1.165) is 20.6 Å². The Morgan fingerprint density at radius 3 is 2.79 bits per heavy atom. The molecule has 10 heteroatoms. The summed E-state index contributed by atoms with van der Waals surface area (Å²) in [5.74, 6) is 0.191. The van der Waals surface area contributed by atoms with Crippen molar-refractivity contribution in [3.63, 3.8) is 0 Å². The number of nitrogens with zero attached hydrogens (tertiary/aromatic N) is 4. The Morgan fingerprint density at radius 2 is 1.88 bits per heavy atom. The van der Waals surface area contributed by atoms with E-state index in [1.54, 1.807) is 36.7 Å². The van der Waals surface area contributed by atoms with Gasteiger partial charge in [-0.3, -0.25) is 9.78 Å². The summed E-state index contributed by atoms with van der Waals surface area (Å²) in [6.45, 7) is 0. The molecule has 5 aromatic rings. The third-order valence-corrected chi connectivity index (χ3v) is 7.21. The van der Waals surface area contributed by atoms with Gasteiger partial charge < -0.3 is 10.6 Å². The molecule has 0 unspecified atom stereocenters. The van der Waals surface area contributed by atoms with Crippen molar-refractivity contribution in [2.24, 2.45) is 0 Å². The zero-order chi connectivity index (χ0) is 22.6. The van der Waals surface area contributed by atoms with E-state index in [-0.39, 0.29) is 22.4 Å². The third-order valence-electron chi connectivity index (χ3n) is 5.51. The zero-order valence-corrected chi connectivity index (χ0v) is 17.9. The molecule has 162 valence electrons. The molecule has 2 N–H and O–H groups in total. The van der Waals surface area contributed by atoms with Crippen molar-refractivity contribution in [2.45, 2.75) is 11.3 Å². The van der Waals surface area contributed by atoms with E-state index in [2.05, 4.69) is 25.6 Å². The van der Waals surface area contributed by atoms with Crippen LogP contribution in [-0.2, 0) is 21.2 Å². The molecule has 0 saturated heterocycles. The molecule has 9 nitrogen and oxygen atoms in total. The number of rotatable bonds is 4. The molecule has 1 amide bonds. The van der Waals surface area contributed by atoms with Gasteiger partial charge in [0.1, 0.15) is 4.90 Å². The predicted molar refractivity (Wildman–Crippen MR) is 124 cm³/mol. The van der Waals surface area contributed by atoms with Crippen molar-refractivity contribution in [3.05, 3.63) is 78.8 Å². The number of carbonyl (C=O) groups excluding carboxylic acids is 1. The van der Waals surface area contributed by atoms with Crippen LogP contribution in [0.15, 0.2) is 78.1 Å². The molecule has 4 heterocycles. The van der Waals surface area contributed by atoms with Crippen LogP contribution in [0.4, 0.5) is 17.3 Å². The number of hydrogen-bond acceptors (Lipinski definition) is 7. The van der Waals surface area contributed by atoms with Gasteiger partial charge in [-0.2, -0.15) is 4.98 Å². The number of pyridine rings is 1. The highest BCUT2D eigenvalue weighted by molar-refractivity contribution is 7.90. The van der Waals surface area contributed by atoms with Crippen molar-refractivity contribution in [3.8, 4) is 0 Å². The fourth-order valence-electron chi connectivity index (χ4n) is 3.98. The number of hydrogen-bond donors (Lipinski definition) is 2. The second-order valence-electron chi connectivity index (χ2n) is 7.64. The fourth-order valence-corrected chi connectivity index (χ4v) is 5.45. The molecule has 0 bridgehead atoms. The smallest absolute Gasteiger partial charge is 0.271 e. The lowest BCUT2D eigenvalue weighted by atomic mass is 10.1. The van der Waals surface area contributed by atoms with Crippen LogP contribution in [0.2, 0.25) is 0 Å². The summed E-state index contributed by atoms with van der Waals surface area (Å²) in [6, 6.07) is 15.7. The van der Waals surface area contributed by atoms with Crippen molar-refractivity contribution >= 4 is 55.2 Å². The van der Waals surface area contributed by atoms with E-state index in [1.165, 1.54) is 12.3 Å². The first-order valence-corrected chi connectivity index (χ1v) is 11.6. The zero-order valence-electron chi connectivity index (χ0n) is 17.1. The van der Waals surface area contributed by atoms with Crippen LogP contribution in [0.25, 0.3) is 21.9 Å². The van der Waals surface area contributed by atoms with Gasteiger partial charge in [-0.05, 0) is 42.0 Å². The number of nitrogens with one attached hydrogen (secondary N) is 2. The Morgan fingerprint density at radius 1 is 1.00 bits per heavy atom. The van der Waals surface area contributed by atoms with Crippen LogP contribution < -0.4 is 10.6 Å². The second-order valence-corrected chi connectivity index (χ2v) is 9.43. The fraction of sp³-hybridized carbons (Fsp3) is 0.0435. The van der Waals surface area contributed by atoms with Crippen LogP contribution in [-0.4, -0.2) is 33.2 Å². The van der Waals surface area contributed by atoms with Crippen LogP contribution >= 0.6 is 0 Å². The van der Waals surface area contributed by atoms with E-state index < -0.39 is 10.0 Å². The average molecular weight is 456 g/mol. The van der Waals surface area contributed by atoms with E-state index in [9.17, 15) is 13.2 Å². The van der Waals surface area contributed by atoms with Gasteiger partial charge in [0.25, 0.3) is 10.0 Å². The van der Waals surface area contributed by atoms with Gasteiger partial charge >= 0.3 is 0 Å². The van der Waals surface area contributed by atoms with Crippen molar-refractivity contribution in [1.82, 2.24) is 18.9 Å². The monoisotopic (exact) mass is 456 g/mol. The molecular weight excluding hydrogens is 440 g/mol. The lowest BCUT2D eigenvalue weighted by Crippen LogP contribution is -2.13. The second kappa shape index (κ2) is 7.10. The van der Waals surface area contributed by atoms with Crippen LogP contribution in [0.5, 0.6) is 0 Å². The lowest BCUT2D eigenvalue weighted by Gasteiger charge is -2.10. The molecular formula is C23H16N6O3S. The van der Waals surface area contributed by atoms with E-state index in [4.69, 9.17) is 0 Å². The minimum atomic E-state index is -3.96. The largest absolute Gasteiger partial charge is 0.326 e. The summed E-state index contributed by atoms with van der Waals surface area (Å²) >= 11 is 0. The Hall–Kier alpha value is -4.31. The van der Waals surface area contributed by atoms with Gasteiger partial charge in [-0.15, -0.1) is 0 Å². The predicted octanol–water partition coefficient (Wildman–Crippen LogP) is 3.45. The minimum Gasteiger partial charge on any atom is -0.326 e. The van der Waals surface area contributed by atoms with Gasteiger partial charge in [0.15, 0.2) is 5.65 Å². The standard InChI is InChI=1S/C23H16N6O3S/c30-20-12-16-11-17(6-7-18(16)27-20)26-23-25-13-15-8-10-29(22(15)28-23)33(31,32)19-5-1-3-14-4-2-9-24-21(14)19/h1-11,13H,12H2,(H,27,30)(H,25,26,28). The molecule has 1 aliphatic rings. The highest BCUT2D eigenvalue weighted by Crippen LogP contribution is 2.29. The van der Waals surface area contributed by atoms with Gasteiger partial charge in [-0.1, -0.05) is 18.2 Å². The molecule has 0 saturated carbocycles. The first-order valence-electron chi connectivity index (χ1n) is 10.1. The number of benzene rings is 2. The van der Waals surface area contributed by atoms with Gasteiger partial charge in [0, 0.05) is 40.7 Å². The molecule has 0 radical (unpaired) electrons. The van der Waals surface area contributed by atoms with Crippen LogP contribution in [0.1, 0.15) is 5.56 Å². The number of anilines is 3. The van der Waals surface area contributed by atoms with Crippen molar-refractivity contribution < 1.29 is 13.2 Å². The Kier molecular flexibility index (Phi) is 4.17. The maximum absolute atomic E-state index is 13.6. The highest BCUT2D eigenvalue weighted by atomic mass is 32.2. The van der Waals surface area contributed by atoms with E-state index in [1.807, 2.05) is 24.3 Å². The van der Waals surface area contributed by atoms with Crippen LogP contribution in [0, 0.1) is 0 Å². The van der Waals surface area contributed by atoms with Gasteiger partial charge in [-0.25, -0.2) is 17.4 Å². The molecule has 2 aromatic carbocycles. The van der Waals surface area contributed by atoms with Crippen LogP contribution in [0.3, 0.4) is 0 Å². The molecule has 3 aromatic heterocycles. The van der Waals surface area contributed by atoms with E-state index in [0.29, 0.717) is 23.0 Å². The summed E-state index contributed by atoms with van der Waals surface area (Å²) in [7, 11) is -3.96. The van der Waals surface area contributed by atoms with Gasteiger partial charge in [0.2, 0.25) is 11.9 Å². The number of amides is 1. The molecule has 0 fully saturated rings. The van der Waals surface area contributed by atoms with Crippen molar-refractivity contribution in [1.29, 1.82) is 0 Å². The number of para-hydroxylation sites is 1. The molecule has 0 aliphatic carbocycles. The highest BCUT2D eigenvalue weighted by Gasteiger charge is 2.23. The number of aromatic nitrogens is 4. The summed E-state index contributed by atoms with van der Waals surface area (Å²) < 4.78 is 28.3. The van der Waals surface area contributed by atoms with Crippen molar-refractivity contribution in [2.75, 3.05) is 10.6 Å². The summed E-state index contributed by atoms with van der Waals surface area (Å²) in [5.41, 5.74) is 3.00. The minimum absolute atomic E-state index is 0.0502. The summed E-state index contributed by atoms with van der Waals surface area (Å²) in [6.07, 6.45) is 4.91.